The monoisotopic (exact) mass is 204 g/mol. The zero-order valence-electron chi connectivity index (χ0n) is 9.32. The summed E-state index contributed by atoms with van der Waals surface area (Å²) in [6.07, 6.45) is 3.24. The van der Waals surface area contributed by atoms with Gasteiger partial charge in [-0.2, -0.15) is 0 Å². The summed E-state index contributed by atoms with van der Waals surface area (Å²) in [5.41, 5.74) is 0.586. The van der Waals surface area contributed by atoms with E-state index in [2.05, 4.69) is 0 Å². The largest absolute Gasteiger partial charge is 0.386 e. The minimum Gasteiger partial charge on any atom is -0.386 e. The van der Waals surface area contributed by atoms with Crippen molar-refractivity contribution in [3.8, 4) is 0 Å². The fraction of sp³-hybridized carbons (Fsp3) is 0.308. The summed E-state index contributed by atoms with van der Waals surface area (Å²) in [6, 6.07) is 7.01. The third-order valence-corrected chi connectivity index (χ3v) is 2.19. The second-order valence-corrected chi connectivity index (χ2v) is 4.00. The first-order chi connectivity index (χ1) is 6.95. The van der Waals surface area contributed by atoms with Crippen LogP contribution in [0.15, 0.2) is 36.4 Å². The molecule has 0 bridgehead atoms. The molecule has 0 spiro atoms. The number of hydrogen-bond donors (Lipinski definition) is 1. The smallest absolute Gasteiger partial charge is 0.185 e. The van der Waals surface area contributed by atoms with Crippen LogP contribution in [0.4, 0.5) is 0 Å². The number of hydrogen-bond acceptors (Lipinski definition) is 2. The zero-order valence-corrected chi connectivity index (χ0v) is 9.32. The molecule has 0 aliphatic carbocycles. The number of carbonyl (C=O) groups is 1. The van der Waals surface area contributed by atoms with Crippen molar-refractivity contribution >= 4 is 5.78 Å². The molecule has 1 aromatic carbocycles. The van der Waals surface area contributed by atoms with E-state index < -0.39 is 5.60 Å². The summed E-state index contributed by atoms with van der Waals surface area (Å²) in [6.45, 7) is 5.24. The summed E-state index contributed by atoms with van der Waals surface area (Å²) in [5.74, 6) is -0.0141. The van der Waals surface area contributed by atoms with Crippen molar-refractivity contribution in [2.24, 2.45) is 0 Å². The van der Waals surface area contributed by atoms with Gasteiger partial charge in [0.2, 0.25) is 0 Å². The predicted molar refractivity (Wildman–Crippen MR) is 60.8 cm³/mol. The lowest BCUT2D eigenvalue weighted by Crippen LogP contribution is -2.15. The highest BCUT2D eigenvalue weighted by molar-refractivity contribution is 6.04. The van der Waals surface area contributed by atoms with Crippen molar-refractivity contribution < 1.29 is 9.90 Å². The highest BCUT2D eigenvalue weighted by atomic mass is 16.3. The van der Waals surface area contributed by atoms with Gasteiger partial charge in [0.15, 0.2) is 5.78 Å². The minimum absolute atomic E-state index is 0.0141. The first-order valence-corrected chi connectivity index (χ1v) is 4.95. The molecular formula is C13H16O2. The lowest BCUT2D eigenvalue weighted by atomic mass is 9.96. The van der Waals surface area contributed by atoms with Gasteiger partial charge in [0, 0.05) is 5.56 Å². The maximum Gasteiger partial charge on any atom is 0.185 e. The van der Waals surface area contributed by atoms with Crippen molar-refractivity contribution in [1.82, 2.24) is 0 Å². The standard InChI is InChI=1S/C13H16O2/c1-4-5-12(14)10-6-8-11(9-7-10)13(2,3)15/h4-9,15H,1-3H3. The van der Waals surface area contributed by atoms with Crippen molar-refractivity contribution in [2.75, 3.05) is 0 Å². The summed E-state index contributed by atoms with van der Waals surface area (Å²) < 4.78 is 0. The molecule has 0 atom stereocenters. The fourth-order valence-corrected chi connectivity index (χ4v) is 1.29. The number of ketones is 1. The van der Waals surface area contributed by atoms with Gasteiger partial charge in [-0.05, 0) is 32.4 Å². The number of aliphatic hydroxyl groups is 1. The number of benzene rings is 1. The highest BCUT2D eigenvalue weighted by Gasteiger charge is 2.15. The number of carbonyl (C=O) groups excluding carboxylic acids is 1. The van der Waals surface area contributed by atoms with Crippen LogP contribution in [0.2, 0.25) is 0 Å². The minimum atomic E-state index is -0.859. The van der Waals surface area contributed by atoms with Crippen LogP contribution in [0, 0.1) is 0 Å². The molecule has 2 nitrogen and oxygen atoms in total. The molecule has 80 valence electrons. The molecule has 1 aromatic rings. The summed E-state index contributed by atoms with van der Waals surface area (Å²) in [7, 11) is 0. The maximum atomic E-state index is 11.5. The highest BCUT2D eigenvalue weighted by Crippen LogP contribution is 2.19. The van der Waals surface area contributed by atoms with Gasteiger partial charge in [-0.1, -0.05) is 30.3 Å². The van der Waals surface area contributed by atoms with Gasteiger partial charge in [0.25, 0.3) is 0 Å². The molecule has 0 heterocycles. The molecule has 0 amide bonds. The van der Waals surface area contributed by atoms with Crippen molar-refractivity contribution in [3.63, 3.8) is 0 Å². The first-order valence-electron chi connectivity index (χ1n) is 4.95. The lowest BCUT2D eigenvalue weighted by Gasteiger charge is -2.17. The second-order valence-electron chi connectivity index (χ2n) is 4.00. The molecule has 0 saturated heterocycles. The first kappa shape index (κ1) is 11.7. The van der Waals surface area contributed by atoms with Gasteiger partial charge < -0.3 is 5.11 Å². The predicted octanol–water partition coefficient (Wildman–Crippen LogP) is 2.67. The Balaban J connectivity index is 2.95. The summed E-state index contributed by atoms with van der Waals surface area (Å²) >= 11 is 0. The summed E-state index contributed by atoms with van der Waals surface area (Å²) in [4.78, 5) is 11.5. The normalized spacial score (nSPS) is 12.0. The van der Waals surface area contributed by atoms with E-state index in [-0.39, 0.29) is 5.78 Å². The van der Waals surface area contributed by atoms with Crippen LogP contribution in [0.5, 0.6) is 0 Å². The quantitative estimate of drug-likeness (QED) is 0.607. The van der Waals surface area contributed by atoms with Gasteiger partial charge in [-0.3, -0.25) is 4.79 Å². The van der Waals surface area contributed by atoms with E-state index in [1.165, 1.54) is 6.08 Å². The third kappa shape index (κ3) is 3.03. The Labute approximate surface area is 90.3 Å². The van der Waals surface area contributed by atoms with Gasteiger partial charge >= 0.3 is 0 Å². The molecule has 0 aliphatic rings. The average molecular weight is 204 g/mol. The van der Waals surface area contributed by atoms with Gasteiger partial charge in [-0.15, -0.1) is 0 Å². The molecule has 1 N–H and O–H groups in total. The second kappa shape index (κ2) is 4.41. The van der Waals surface area contributed by atoms with Crippen molar-refractivity contribution in [1.29, 1.82) is 0 Å². The molecule has 0 fully saturated rings. The molecule has 1 rings (SSSR count). The SMILES string of the molecule is CC=CC(=O)c1ccc(C(C)(C)O)cc1. The Kier molecular flexibility index (Phi) is 3.43. The molecule has 15 heavy (non-hydrogen) atoms. The Morgan fingerprint density at radius 1 is 1.27 bits per heavy atom. The molecule has 0 aromatic heterocycles. The van der Waals surface area contributed by atoms with Gasteiger partial charge in [0.05, 0.1) is 5.60 Å². The Morgan fingerprint density at radius 2 is 1.80 bits per heavy atom. The van der Waals surface area contributed by atoms with Crippen molar-refractivity contribution in [3.05, 3.63) is 47.5 Å². The average Bonchev–Trinajstić information content (AvgIpc) is 2.17. The maximum absolute atomic E-state index is 11.5. The molecule has 0 radical (unpaired) electrons. The van der Waals surface area contributed by atoms with E-state index in [4.69, 9.17) is 0 Å². The van der Waals surface area contributed by atoms with Crippen LogP contribution in [0.25, 0.3) is 0 Å². The fourth-order valence-electron chi connectivity index (χ4n) is 1.29. The molecule has 0 aliphatic heterocycles. The third-order valence-electron chi connectivity index (χ3n) is 2.19. The topological polar surface area (TPSA) is 37.3 Å². The van der Waals surface area contributed by atoms with Crippen LogP contribution >= 0.6 is 0 Å². The number of rotatable bonds is 3. The van der Waals surface area contributed by atoms with Crippen molar-refractivity contribution in [2.45, 2.75) is 26.4 Å². The number of allylic oxidation sites excluding steroid dienone is 2. The van der Waals surface area contributed by atoms with E-state index in [0.717, 1.165) is 5.56 Å². The van der Waals surface area contributed by atoms with Crippen LogP contribution in [0.3, 0.4) is 0 Å². The van der Waals surface area contributed by atoms with E-state index >= 15 is 0 Å². The zero-order chi connectivity index (χ0) is 11.5. The van der Waals surface area contributed by atoms with E-state index in [9.17, 15) is 9.90 Å². The molecule has 2 heteroatoms. The van der Waals surface area contributed by atoms with Crippen LogP contribution in [-0.4, -0.2) is 10.9 Å². The van der Waals surface area contributed by atoms with Crippen LogP contribution in [0.1, 0.15) is 36.7 Å². The van der Waals surface area contributed by atoms with E-state index in [1.807, 2.05) is 6.92 Å². The van der Waals surface area contributed by atoms with E-state index in [0.29, 0.717) is 5.56 Å². The molecular weight excluding hydrogens is 188 g/mol. The van der Waals surface area contributed by atoms with Gasteiger partial charge in [0.1, 0.15) is 0 Å². The lowest BCUT2D eigenvalue weighted by molar-refractivity contribution is 0.0785. The van der Waals surface area contributed by atoms with Gasteiger partial charge in [-0.25, -0.2) is 0 Å². The Bertz CT molecular complexity index is 367. The van der Waals surface area contributed by atoms with Crippen LogP contribution in [-0.2, 0) is 5.60 Å². The molecule has 0 unspecified atom stereocenters. The summed E-state index contributed by atoms with van der Waals surface area (Å²) in [5, 5.41) is 9.72. The Morgan fingerprint density at radius 3 is 2.20 bits per heavy atom. The molecule has 0 saturated carbocycles. The van der Waals surface area contributed by atoms with E-state index in [1.54, 1.807) is 44.2 Å². The Hall–Kier alpha value is -1.41. The van der Waals surface area contributed by atoms with Crippen LogP contribution < -0.4 is 0 Å².